The lowest BCUT2D eigenvalue weighted by molar-refractivity contribution is -0.143. The van der Waals surface area contributed by atoms with Crippen LogP contribution < -0.4 is 19.5 Å². The van der Waals surface area contributed by atoms with Gasteiger partial charge in [0.05, 0.1) is 27.2 Å². The Bertz CT molecular complexity index is 695. The monoisotopic (exact) mass is 396 g/mol. The van der Waals surface area contributed by atoms with E-state index in [4.69, 9.17) is 19.3 Å². The van der Waals surface area contributed by atoms with Crippen molar-refractivity contribution in [2.75, 3.05) is 34.4 Å². The molecule has 0 aliphatic rings. The maximum absolute atomic E-state index is 12.6. The number of rotatable bonds is 10. The van der Waals surface area contributed by atoms with Gasteiger partial charge in [0.2, 0.25) is 11.7 Å². The van der Waals surface area contributed by atoms with Crippen LogP contribution in [0.5, 0.6) is 17.2 Å². The molecule has 2 unspecified atom stereocenters. The molecule has 0 aromatic heterocycles. The van der Waals surface area contributed by atoms with E-state index in [0.717, 1.165) is 0 Å². The first-order chi connectivity index (χ1) is 13.2. The van der Waals surface area contributed by atoms with E-state index in [9.17, 15) is 14.4 Å². The van der Waals surface area contributed by atoms with Gasteiger partial charge < -0.3 is 29.5 Å². The van der Waals surface area contributed by atoms with Gasteiger partial charge in [-0.15, -0.1) is 0 Å². The summed E-state index contributed by atoms with van der Waals surface area (Å²) in [7, 11) is 4.33. The highest BCUT2D eigenvalue weighted by molar-refractivity contribution is 5.98. The number of carboxylic acids is 1. The van der Waals surface area contributed by atoms with Crippen molar-refractivity contribution in [1.29, 1.82) is 0 Å². The molecule has 2 atom stereocenters. The molecule has 156 valence electrons. The van der Waals surface area contributed by atoms with Crippen molar-refractivity contribution in [2.45, 2.75) is 26.8 Å². The molecular weight excluding hydrogens is 368 g/mol. The van der Waals surface area contributed by atoms with Crippen molar-refractivity contribution in [3.63, 3.8) is 0 Å². The maximum atomic E-state index is 12.6. The third-order valence-electron chi connectivity index (χ3n) is 4.25. The molecule has 0 spiro atoms. The van der Waals surface area contributed by atoms with E-state index < -0.39 is 23.8 Å². The average molecular weight is 396 g/mol. The number of aliphatic carboxylic acids is 1. The lowest BCUT2D eigenvalue weighted by Crippen LogP contribution is -2.48. The third kappa shape index (κ3) is 5.51. The molecule has 0 radical (unpaired) electrons. The molecule has 1 rings (SSSR count). The second-order valence-electron chi connectivity index (χ2n) is 6.23. The maximum Gasteiger partial charge on any atom is 0.308 e. The lowest BCUT2D eigenvalue weighted by atomic mass is 10.1. The number of amides is 2. The number of methoxy groups -OCH3 is 3. The van der Waals surface area contributed by atoms with Gasteiger partial charge in [0.15, 0.2) is 11.5 Å². The van der Waals surface area contributed by atoms with Crippen LogP contribution in [0, 0.1) is 5.92 Å². The standard InChI is InChI=1S/C19H28N2O7/c1-7-21(10-11(2)19(24)25)18(23)12(3)20-17(22)13-8-14(26-4)16(28-6)15(9-13)27-5/h8-9,11-12H,7,10H2,1-6H3,(H,20,22)(H,24,25). The Labute approximate surface area is 164 Å². The number of benzene rings is 1. The van der Waals surface area contributed by atoms with E-state index in [1.165, 1.54) is 45.3 Å². The van der Waals surface area contributed by atoms with Gasteiger partial charge in [-0.3, -0.25) is 14.4 Å². The topological polar surface area (TPSA) is 114 Å². The Kier molecular flexibility index (Phi) is 8.56. The molecule has 0 heterocycles. The molecular formula is C19H28N2O7. The van der Waals surface area contributed by atoms with Crippen molar-refractivity contribution < 1.29 is 33.7 Å². The van der Waals surface area contributed by atoms with Gasteiger partial charge in [-0.1, -0.05) is 6.92 Å². The zero-order valence-electron chi connectivity index (χ0n) is 17.1. The fourth-order valence-corrected chi connectivity index (χ4v) is 2.61. The predicted octanol–water partition coefficient (Wildman–Crippen LogP) is 1.40. The minimum atomic E-state index is -0.986. The predicted molar refractivity (Wildman–Crippen MR) is 102 cm³/mol. The number of nitrogens with zero attached hydrogens (tertiary/aromatic N) is 1. The fraction of sp³-hybridized carbons (Fsp3) is 0.526. The summed E-state index contributed by atoms with van der Waals surface area (Å²) in [5, 5.41) is 11.7. The van der Waals surface area contributed by atoms with Crippen molar-refractivity contribution >= 4 is 17.8 Å². The molecule has 0 saturated heterocycles. The summed E-state index contributed by atoms with van der Waals surface area (Å²) < 4.78 is 15.7. The largest absolute Gasteiger partial charge is 0.493 e. The van der Waals surface area contributed by atoms with Crippen LogP contribution in [0.3, 0.4) is 0 Å². The summed E-state index contributed by atoms with van der Waals surface area (Å²) in [5.74, 6) is -1.57. The van der Waals surface area contributed by atoms with Gasteiger partial charge in [-0.05, 0) is 26.0 Å². The molecule has 1 aromatic carbocycles. The molecule has 9 heteroatoms. The van der Waals surface area contributed by atoms with E-state index >= 15 is 0 Å². The molecule has 2 N–H and O–H groups in total. The van der Waals surface area contributed by atoms with Crippen molar-refractivity contribution in [2.24, 2.45) is 5.92 Å². The van der Waals surface area contributed by atoms with Crippen molar-refractivity contribution in [3.8, 4) is 17.2 Å². The summed E-state index contributed by atoms with van der Waals surface area (Å²) in [6.45, 7) is 5.22. The Balaban J connectivity index is 2.96. The molecule has 1 aromatic rings. The van der Waals surface area contributed by atoms with Crippen LogP contribution in [0.4, 0.5) is 0 Å². The van der Waals surface area contributed by atoms with Crippen molar-refractivity contribution in [3.05, 3.63) is 17.7 Å². The highest BCUT2D eigenvalue weighted by atomic mass is 16.5. The average Bonchev–Trinajstić information content (AvgIpc) is 2.69. The minimum absolute atomic E-state index is 0.0645. The highest BCUT2D eigenvalue weighted by Gasteiger charge is 2.25. The van der Waals surface area contributed by atoms with Crippen LogP contribution in [0.2, 0.25) is 0 Å². The van der Waals surface area contributed by atoms with Crippen LogP contribution >= 0.6 is 0 Å². The number of carboxylic acid groups (broad SMARTS) is 1. The number of hydrogen-bond donors (Lipinski definition) is 2. The zero-order valence-corrected chi connectivity index (χ0v) is 17.1. The molecule has 0 aliphatic heterocycles. The van der Waals surface area contributed by atoms with Gasteiger partial charge in [0.25, 0.3) is 5.91 Å². The van der Waals surface area contributed by atoms with E-state index in [0.29, 0.717) is 23.8 Å². The Morgan fingerprint density at radius 3 is 2.00 bits per heavy atom. The lowest BCUT2D eigenvalue weighted by Gasteiger charge is -2.26. The van der Waals surface area contributed by atoms with Crippen LogP contribution in [0.1, 0.15) is 31.1 Å². The zero-order chi connectivity index (χ0) is 21.4. The number of ether oxygens (including phenoxy) is 3. The fourth-order valence-electron chi connectivity index (χ4n) is 2.61. The van der Waals surface area contributed by atoms with Crippen molar-refractivity contribution in [1.82, 2.24) is 10.2 Å². The summed E-state index contributed by atoms with van der Waals surface area (Å²) in [6, 6.07) is 2.13. The van der Waals surface area contributed by atoms with E-state index in [1.54, 1.807) is 13.8 Å². The van der Waals surface area contributed by atoms with Crippen LogP contribution in [-0.4, -0.2) is 68.3 Å². The molecule has 0 fully saturated rings. The Morgan fingerprint density at radius 1 is 1.07 bits per heavy atom. The van der Waals surface area contributed by atoms with Crippen LogP contribution in [0.15, 0.2) is 12.1 Å². The Morgan fingerprint density at radius 2 is 1.61 bits per heavy atom. The second-order valence-corrected chi connectivity index (χ2v) is 6.23. The molecule has 28 heavy (non-hydrogen) atoms. The SMILES string of the molecule is CCN(CC(C)C(=O)O)C(=O)C(C)NC(=O)c1cc(OC)c(OC)c(OC)c1. The van der Waals surface area contributed by atoms with E-state index in [-0.39, 0.29) is 18.0 Å². The second kappa shape index (κ2) is 10.4. The van der Waals surface area contributed by atoms with Gasteiger partial charge in [0, 0.05) is 18.7 Å². The first-order valence-corrected chi connectivity index (χ1v) is 8.82. The van der Waals surface area contributed by atoms with Gasteiger partial charge in [-0.2, -0.15) is 0 Å². The van der Waals surface area contributed by atoms with E-state index in [1.807, 2.05) is 0 Å². The summed E-state index contributed by atoms with van der Waals surface area (Å²) >= 11 is 0. The van der Waals surface area contributed by atoms with Crippen LogP contribution in [-0.2, 0) is 9.59 Å². The molecule has 2 amide bonds. The van der Waals surface area contributed by atoms with E-state index in [2.05, 4.69) is 5.32 Å². The number of carbonyl (C=O) groups excluding carboxylic acids is 2. The quantitative estimate of drug-likeness (QED) is 0.614. The Hall–Kier alpha value is -2.97. The van der Waals surface area contributed by atoms with Crippen LogP contribution in [0.25, 0.3) is 0 Å². The first kappa shape index (κ1) is 23.1. The number of nitrogens with one attached hydrogen (secondary N) is 1. The molecule has 0 bridgehead atoms. The van der Waals surface area contributed by atoms with Gasteiger partial charge in [-0.25, -0.2) is 0 Å². The van der Waals surface area contributed by atoms with Gasteiger partial charge in [0.1, 0.15) is 6.04 Å². The summed E-state index contributed by atoms with van der Waals surface area (Å²) in [4.78, 5) is 37.6. The third-order valence-corrected chi connectivity index (χ3v) is 4.25. The number of carbonyl (C=O) groups is 3. The molecule has 0 aliphatic carbocycles. The van der Waals surface area contributed by atoms with Gasteiger partial charge >= 0.3 is 5.97 Å². The normalized spacial score (nSPS) is 12.5. The summed E-state index contributed by atoms with van der Waals surface area (Å²) in [5.41, 5.74) is 0.233. The summed E-state index contributed by atoms with van der Waals surface area (Å²) in [6.07, 6.45) is 0. The smallest absolute Gasteiger partial charge is 0.308 e. The molecule has 0 saturated carbocycles. The minimum Gasteiger partial charge on any atom is -0.493 e. The highest BCUT2D eigenvalue weighted by Crippen LogP contribution is 2.38. The first-order valence-electron chi connectivity index (χ1n) is 8.82. The number of hydrogen-bond acceptors (Lipinski definition) is 6. The number of likely N-dealkylation sites (N-methyl/N-ethyl adjacent to an activating group) is 1. The molecule has 9 nitrogen and oxygen atoms in total.